The van der Waals surface area contributed by atoms with Gasteiger partial charge in [0.15, 0.2) is 0 Å². The maximum atomic E-state index is 5.82. The van der Waals surface area contributed by atoms with Crippen molar-refractivity contribution in [1.82, 2.24) is 5.32 Å². The summed E-state index contributed by atoms with van der Waals surface area (Å²) in [5, 5.41) is 3.37. The Balaban J connectivity index is 2.22. The predicted molar refractivity (Wildman–Crippen MR) is 63.8 cm³/mol. The Labute approximate surface area is 94.5 Å². The van der Waals surface area contributed by atoms with Gasteiger partial charge in [0, 0.05) is 17.5 Å². The van der Waals surface area contributed by atoms with Crippen molar-refractivity contribution < 1.29 is 0 Å². The highest BCUT2D eigenvalue weighted by Gasteiger charge is 2.06. The van der Waals surface area contributed by atoms with E-state index >= 15 is 0 Å². The maximum Gasteiger partial charge on any atom is 0.0931 e. The van der Waals surface area contributed by atoms with Crippen LogP contribution >= 0.6 is 22.9 Å². The molecule has 0 amide bonds. The smallest absolute Gasteiger partial charge is 0.0931 e. The van der Waals surface area contributed by atoms with E-state index in [9.17, 15) is 0 Å². The molecule has 0 radical (unpaired) electrons. The molecule has 14 heavy (non-hydrogen) atoms. The minimum Gasteiger partial charge on any atom is -0.328 e. The van der Waals surface area contributed by atoms with E-state index in [2.05, 4.69) is 18.3 Å². The molecule has 0 bridgehead atoms. The Kier molecular flexibility index (Phi) is 4.89. The molecule has 0 spiro atoms. The maximum absolute atomic E-state index is 5.82. The van der Waals surface area contributed by atoms with Crippen molar-refractivity contribution in [2.45, 2.75) is 26.4 Å². The van der Waals surface area contributed by atoms with Crippen LogP contribution < -0.4 is 11.1 Å². The van der Waals surface area contributed by atoms with Crippen LogP contribution in [0.4, 0.5) is 0 Å². The minimum atomic E-state index is 0.245. The SMILES string of the molecule is CC(N)C(C)CNCc1ccc(Cl)s1. The van der Waals surface area contributed by atoms with Crippen LogP contribution in [0.3, 0.4) is 0 Å². The van der Waals surface area contributed by atoms with Gasteiger partial charge in [0.25, 0.3) is 0 Å². The number of thiophene rings is 1. The van der Waals surface area contributed by atoms with E-state index in [4.69, 9.17) is 17.3 Å². The first-order valence-corrected chi connectivity index (χ1v) is 5.99. The van der Waals surface area contributed by atoms with Crippen molar-refractivity contribution in [2.75, 3.05) is 6.54 Å². The number of hydrogen-bond acceptors (Lipinski definition) is 3. The third kappa shape index (κ3) is 3.96. The van der Waals surface area contributed by atoms with Gasteiger partial charge in [-0.15, -0.1) is 11.3 Å². The molecule has 80 valence electrons. The quantitative estimate of drug-likeness (QED) is 0.819. The van der Waals surface area contributed by atoms with Gasteiger partial charge in [-0.3, -0.25) is 0 Å². The normalized spacial score (nSPS) is 15.4. The molecule has 2 atom stereocenters. The van der Waals surface area contributed by atoms with E-state index in [-0.39, 0.29) is 6.04 Å². The van der Waals surface area contributed by atoms with Gasteiger partial charge in [-0.2, -0.15) is 0 Å². The monoisotopic (exact) mass is 232 g/mol. The number of nitrogens with two attached hydrogens (primary N) is 1. The molecule has 0 saturated heterocycles. The van der Waals surface area contributed by atoms with Crippen LogP contribution in [0, 0.1) is 5.92 Å². The molecule has 0 aliphatic rings. The summed E-state index contributed by atoms with van der Waals surface area (Å²) in [5.74, 6) is 0.505. The third-order valence-corrected chi connectivity index (χ3v) is 3.52. The molecule has 3 N–H and O–H groups in total. The number of rotatable bonds is 5. The molecule has 4 heteroatoms. The largest absolute Gasteiger partial charge is 0.328 e. The number of hydrogen-bond donors (Lipinski definition) is 2. The van der Waals surface area contributed by atoms with Crippen molar-refractivity contribution in [3.63, 3.8) is 0 Å². The second-order valence-electron chi connectivity index (χ2n) is 3.67. The van der Waals surface area contributed by atoms with Crippen LogP contribution in [0.15, 0.2) is 12.1 Å². The van der Waals surface area contributed by atoms with Crippen LogP contribution in [-0.4, -0.2) is 12.6 Å². The van der Waals surface area contributed by atoms with E-state index in [1.165, 1.54) is 4.88 Å². The zero-order valence-corrected chi connectivity index (χ0v) is 10.2. The molecular weight excluding hydrogens is 216 g/mol. The van der Waals surface area contributed by atoms with Gasteiger partial charge in [0.2, 0.25) is 0 Å². The Hall–Kier alpha value is -0.0900. The Morgan fingerprint density at radius 1 is 1.50 bits per heavy atom. The lowest BCUT2D eigenvalue weighted by atomic mass is 10.1. The second kappa shape index (κ2) is 5.71. The molecule has 0 saturated carbocycles. The van der Waals surface area contributed by atoms with Crippen LogP contribution in [0.2, 0.25) is 4.34 Å². The highest BCUT2D eigenvalue weighted by Crippen LogP contribution is 2.20. The van der Waals surface area contributed by atoms with Crippen molar-refractivity contribution in [3.05, 3.63) is 21.3 Å². The van der Waals surface area contributed by atoms with Gasteiger partial charge in [0.05, 0.1) is 4.34 Å². The van der Waals surface area contributed by atoms with E-state index in [0.717, 1.165) is 17.4 Å². The zero-order chi connectivity index (χ0) is 10.6. The molecule has 2 unspecified atom stereocenters. The van der Waals surface area contributed by atoms with Crippen LogP contribution in [0.25, 0.3) is 0 Å². The van der Waals surface area contributed by atoms with Gasteiger partial charge < -0.3 is 11.1 Å². The van der Waals surface area contributed by atoms with Crippen LogP contribution in [0.5, 0.6) is 0 Å². The summed E-state index contributed by atoms with van der Waals surface area (Å²) in [5.41, 5.74) is 5.76. The van der Waals surface area contributed by atoms with E-state index in [1.54, 1.807) is 11.3 Å². The Morgan fingerprint density at radius 3 is 2.71 bits per heavy atom. The average Bonchev–Trinajstić information content (AvgIpc) is 2.51. The van der Waals surface area contributed by atoms with Gasteiger partial charge >= 0.3 is 0 Å². The molecule has 0 aliphatic heterocycles. The first kappa shape index (κ1) is 12.0. The lowest BCUT2D eigenvalue weighted by Gasteiger charge is -2.15. The van der Waals surface area contributed by atoms with Crippen molar-refractivity contribution >= 4 is 22.9 Å². The van der Waals surface area contributed by atoms with Crippen molar-refractivity contribution in [3.8, 4) is 0 Å². The summed E-state index contributed by atoms with van der Waals surface area (Å²) in [6, 6.07) is 4.23. The van der Waals surface area contributed by atoms with E-state index in [0.29, 0.717) is 5.92 Å². The van der Waals surface area contributed by atoms with Crippen molar-refractivity contribution in [2.24, 2.45) is 11.7 Å². The van der Waals surface area contributed by atoms with E-state index in [1.807, 2.05) is 13.0 Å². The molecule has 0 aromatic carbocycles. The molecule has 1 aromatic heterocycles. The second-order valence-corrected chi connectivity index (χ2v) is 5.47. The molecule has 0 fully saturated rings. The van der Waals surface area contributed by atoms with Crippen LogP contribution in [0.1, 0.15) is 18.7 Å². The topological polar surface area (TPSA) is 38.0 Å². The molecule has 2 nitrogen and oxygen atoms in total. The Morgan fingerprint density at radius 2 is 2.21 bits per heavy atom. The zero-order valence-electron chi connectivity index (χ0n) is 8.59. The van der Waals surface area contributed by atoms with Gasteiger partial charge in [-0.05, 0) is 31.5 Å². The summed E-state index contributed by atoms with van der Waals surface area (Å²) in [4.78, 5) is 1.27. The lowest BCUT2D eigenvalue weighted by Crippen LogP contribution is -2.32. The average molecular weight is 233 g/mol. The first-order chi connectivity index (χ1) is 6.59. The van der Waals surface area contributed by atoms with Gasteiger partial charge in [0.1, 0.15) is 0 Å². The molecule has 1 aromatic rings. The minimum absolute atomic E-state index is 0.245. The fraction of sp³-hybridized carbons (Fsp3) is 0.600. The summed E-state index contributed by atoms with van der Waals surface area (Å²) in [7, 11) is 0. The predicted octanol–water partition coefficient (Wildman–Crippen LogP) is 2.47. The Bertz CT molecular complexity index is 273. The van der Waals surface area contributed by atoms with E-state index < -0.39 is 0 Å². The first-order valence-electron chi connectivity index (χ1n) is 4.80. The van der Waals surface area contributed by atoms with Crippen molar-refractivity contribution in [1.29, 1.82) is 0 Å². The molecule has 1 rings (SSSR count). The molecule has 0 aliphatic carbocycles. The lowest BCUT2D eigenvalue weighted by molar-refractivity contribution is 0.446. The summed E-state index contributed by atoms with van der Waals surface area (Å²) < 4.78 is 0.849. The standard InChI is InChI=1S/C10H17ClN2S/c1-7(8(2)12)5-13-6-9-3-4-10(11)14-9/h3-4,7-8,13H,5-6,12H2,1-2H3. The fourth-order valence-corrected chi connectivity index (χ4v) is 2.11. The highest BCUT2D eigenvalue weighted by atomic mass is 35.5. The summed E-state index contributed by atoms with van der Waals surface area (Å²) >= 11 is 7.44. The number of nitrogens with one attached hydrogen (secondary N) is 1. The van der Waals surface area contributed by atoms with Gasteiger partial charge in [-0.1, -0.05) is 18.5 Å². The fourth-order valence-electron chi connectivity index (χ4n) is 1.06. The molecule has 1 heterocycles. The van der Waals surface area contributed by atoms with Gasteiger partial charge in [-0.25, -0.2) is 0 Å². The van der Waals surface area contributed by atoms with Crippen LogP contribution in [-0.2, 0) is 6.54 Å². The summed E-state index contributed by atoms with van der Waals surface area (Å²) in [6.07, 6.45) is 0. The highest BCUT2D eigenvalue weighted by molar-refractivity contribution is 7.16. The summed E-state index contributed by atoms with van der Waals surface area (Å²) in [6.45, 7) is 6.02. The molecular formula is C10H17ClN2S. The number of halogens is 1. The third-order valence-electron chi connectivity index (χ3n) is 2.29.